The SMILES string of the molecule is COC(=O)[C@H](N)Cc1ccc(F)c(Cl)c1. The molecule has 0 saturated heterocycles. The van der Waals surface area contributed by atoms with Gasteiger partial charge in [-0.25, -0.2) is 4.39 Å². The van der Waals surface area contributed by atoms with E-state index in [0.717, 1.165) is 0 Å². The first-order valence-electron chi connectivity index (χ1n) is 4.32. The predicted molar refractivity (Wildman–Crippen MR) is 55.1 cm³/mol. The molecule has 0 aliphatic rings. The van der Waals surface area contributed by atoms with E-state index in [9.17, 15) is 9.18 Å². The van der Waals surface area contributed by atoms with Gasteiger partial charge in [0, 0.05) is 0 Å². The maximum atomic E-state index is 12.8. The highest BCUT2D eigenvalue weighted by Gasteiger charge is 2.14. The molecular formula is C10H11ClFNO2. The minimum absolute atomic E-state index is 0.0181. The van der Waals surface area contributed by atoms with Gasteiger partial charge in [-0.1, -0.05) is 17.7 Å². The van der Waals surface area contributed by atoms with Gasteiger partial charge in [-0.05, 0) is 24.1 Å². The second kappa shape index (κ2) is 5.09. The number of ether oxygens (including phenoxy) is 1. The minimum atomic E-state index is -0.753. The number of carbonyl (C=O) groups is 1. The summed E-state index contributed by atoms with van der Waals surface area (Å²) in [5.41, 5.74) is 6.23. The Labute approximate surface area is 92.0 Å². The number of benzene rings is 1. The van der Waals surface area contributed by atoms with E-state index in [4.69, 9.17) is 17.3 Å². The molecule has 0 amide bonds. The molecule has 0 bridgehead atoms. The summed E-state index contributed by atoms with van der Waals surface area (Å²) in [7, 11) is 1.26. The van der Waals surface area contributed by atoms with Crippen LogP contribution in [0.4, 0.5) is 4.39 Å². The summed E-state index contributed by atoms with van der Waals surface area (Å²) < 4.78 is 17.3. The molecule has 15 heavy (non-hydrogen) atoms. The van der Waals surface area contributed by atoms with Gasteiger partial charge < -0.3 is 10.5 Å². The molecule has 1 atom stereocenters. The zero-order valence-electron chi connectivity index (χ0n) is 8.17. The maximum absolute atomic E-state index is 12.8. The molecule has 0 fully saturated rings. The van der Waals surface area contributed by atoms with Crippen molar-refractivity contribution in [1.29, 1.82) is 0 Å². The molecule has 1 aromatic rings. The Hall–Kier alpha value is -1.13. The number of carbonyl (C=O) groups excluding carboxylic acids is 1. The molecule has 0 heterocycles. The van der Waals surface area contributed by atoms with Crippen molar-refractivity contribution in [3.63, 3.8) is 0 Å². The van der Waals surface area contributed by atoms with Gasteiger partial charge in [0.15, 0.2) is 0 Å². The van der Waals surface area contributed by atoms with Crippen molar-refractivity contribution < 1.29 is 13.9 Å². The first kappa shape index (κ1) is 11.9. The van der Waals surface area contributed by atoms with E-state index in [-0.39, 0.29) is 11.4 Å². The Balaban J connectivity index is 2.73. The molecule has 1 rings (SSSR count). The van der Waals surface area contributed by atoms with E-state index in [0.29, 0.717) is 5.56 Å². The lowest BCUT2D eigenvalue weighted by Crippen LogP contribution is -2.33. The molecule has 0 spiro atoms. The summed E-state index contributed by atoms with van der Waals surface area (Å²) in [6.07, 6.45) is 0.271. The molecule has 0 aromatic heterocycles. The average Bonchev–Trinajstić information content (AvgIpc) is 2.22. The van der Waals surface area contributed by atoms with E-state index in [1.165, 1.54) is 25.3 Å². The summed E-state index contributed by atoms with van der Waals surface area (Å²) in [6, 6.07) is 3.46. The van der Waals surface area contributed by atoms with E-state index < -0.39 is 17.8 Å². The van der Waals surface area contributed by atoms with Crippen molar-refractivity contribution in [2.24, 2.45) is 5.73 Å². The molecule has 0 radical (unpaired) electrons. The number of halogens is 2. The smallest absolute Gasteiger partial charge is 0.322 e. The Bertz CT molecular complexity index is 370. The fourth-order valence-corrected chi connectivity index (χ4v) is 1.36. The Kier molecular flexibility index (Phi) is 4.05. The van der Waals surface area contributed by atoms with Crippen LogP contribution in [0.2, 0.25) is 5.02 Å². The molecule has 0 aliphatic carbocycles. The number of rotatable bonds is 3. The minimum Gasteiger partial charge on any atom is -0.468 e. The number of hydrogen-bond acceptors (Lipinski definition) is 3. The van der Waals surface area contributed by atoms with Crippen LogP contribution in [0.5, 0.6) is 0 Å². The van der Waals surface area contributed by atoms with Gasteiger partial charge in [-0.2, -0.15) is 0 Å². The summed E-state index contributed by atoms with van der Waals surface area (Å²) in [6.45, 7) is 0. The zero-order valence-corrected chi connectivity index (χ0v) is 8.92. The number of hydrogen-bond donors (Lipinski definition) is 1. The number of nitrogens with two attached hydrogens (primary N) is 1. The van der Waals surface area contributed by atoms with Crippen LogP contribution in [-0.2, 0) is 16.0 Å². The number of esters is 1. The first-order chi connectivity index (χ1) is 7.04. The predicted octanol–water partition coefficient (Wildman–Crippen LogP) is 1.52. The Morgan fingerprint density at radius 3 is 2.87 bits per heavy atom. The van der Waals surface area contributed by atoms with Gasteiger partial charge in [0.1, 0.15) is 11.9 Å². The third-order valence-corrected chi connectivity index (χ3v) is 2.23. The summed E-state index contributed by atoms with van der Waals surface area (Å²) >= 11 is 5.58. The molecule has 0 saturated carbocycles. The monoisotopic (exact) mass is 231 g/mol. The quantitative estimate of drug-likeness (QED) is 0.803. The van der Waals surface area contributed by atoms with E-state index in [2.05, 4.69) is 4.74 Å². The van der Waals surface area contributed by atoms with Crippen molar-refractivity contribution in [3.8, 4) is 0 Å². The van der Waals surface area contributed by atoms with Gasteiger partial charge >= 0.3 is 5.97 Å². The molecule has 3 nitrogen and oxygen atoms in total. The van der Waals surface area contributed by atoms with Crippen molar-refractivity contribution in [1.82, 2.24) is 0 Å². The summed E-state index contributed by atoms with van der Waals surface area (Å²) in [5, 5.41) is 0.0181. The highest BCUT2D eigenvalue weighted by molar-refractivity contribution is 6.30. The first-order valence-corrected chi connectivity index (χ1v) is 4.69. The molecular weight excluding hydrogens is 221 g/mol. The third-order valence-electron chi connectivity index (χ3n) is 1.94. The molecule has 2 N–H and O–H groups in total. The Morgan fingerprint density at radius 1 is 1.67 bits per heavy atom. The van der Waals surface area contributed by atoms with Crippen LogP contribution in [0.1, 0.15) is 5.56 Å². The fraction of sp³-hybridized carbons (Fsp3) is 0.300. The lowest BCUT2D eigenvalue weighted by atomic mass is 10.1. The topological polar surface area (TPSA) is 52.3 Å². The van der Waals surface area contributed by atoms with Gasteiger partial charge in [0.25, 0.3) is 0 Å². The Morgan fingerprint density at radius 2 is 2.33 bits per heavy atom. The fourth-order valence-electron chi connectivity index (χ4n) is 1.16. The van der Waals surface area contributed by atoms with Gasteiger partial charge in [0.05, 0.1) is 12.1 Å². The van der Waals surface area contributed by atoms with Gasteiger partial charge in [-0.3, -0.25) is 4.79 Å². The average molecular weight is 232 g/mol. The van der Waals surface area contributed by atoms with Gasteiger partial charge in [-0.15, -0.1) is 0 Å². The number of methoxy groups -OCH3 is 1. The maximum Gasteiger partial charge on any atom is 0.322 e. The van der Waals surface area contributed by atoms with Crippen LogP contribution < -0.4 is 5.73 Å². The van der Waals surface area contributed by atoms with Crippen molar-refractivity contribution in [3.05, 3.63) is 34.6 Å². The van der Waals surface area contributed by atoms with Crippen LogP contribution in [0.3, 0.4) is 0 Å². The molecule has 1 aromatic carbocycles. The molecule has 0 unspecified atom stereocenters. The second-order valence-corrected chi connectivity index (χ2v) is 3.49. The van der Waals surface area contributed by atoms with Crippen LogP contribution in [0.15, 0.2) is 18.2 Å². The third kappa shape index (κ3) is 3.18. The van der Waals surface area contributed by atoms with Crippen LogP contribution in [-0.4, -0.2) is 19.1 Å². The zero-order chi connectivity index (χ0) is 11.4. The molecule has 0 aliphatic heterocycles. The summed E-state index contributed by atoms with van der Waals surface area (Å²) in [4.78, 5) is 11.0. The van der Waals surface area contributed by atoms with Crippen LogP contribution in [0.25, 0.3) is 0 Å². The van der Waals surface area contributed by atoms with E-state index in [1.807, 2.05) is 0 Å². The lowest BCUT2D eigenvalue weighted by molar-refractivity contribution is -0.142. The highest BCUT2D eigenvalue weighted by atomic mass is 35.5. The lowest BCUT2D eigenvalue weighted by Gasteiger charge is -2.09. The highest BCUT2D eigenvalue weighted by Crippen LogP contribution is 2.16. The van der Waals surface area contributed by atoms with Gasteiger partial charge in [0.2, 0.25) is 0 Å². The largest absolute Gasteiger partial charge is 0.468 e. The van der Waals surface area contributed by atoms with Crippen molar-refractivity contribution in [2.75, 3.05) is 7.11 Å². The van der Waals surface area contributed by atoms with Crippen LogP contribution >= 0.6 is 11.6 Å². The van der Waals surface area contributed by atoms with E-state index in [1.54, 1.807) is 0 Å². The normalized spacial score (nSPS) is 12.3. The standard InChI is InChI=1S/C10H11ClFNO2/c1-15-10(14)9(13)5-6-2-3-8(12)7(11)4-6/h2-4,9H,5,13H2,1H3/t9-/m1/s1. The van der Waals surface area contributed by atoms with Crippen molar-refractivity contribution in [2.45, 2.75) is 12.5 Å². The van der Waals surface area contributed by atoms with Crippen molar-refractivity contribution >= 4 is 17.6 Å². The van der Waals surface area contributed by atoms with Crippen LogP contribution in [0, 0.1) is 5.82 Å². The van der Waals surface area contributed by atoms with E-state index >= 15 is 0 Å². The second-order valence-electron chi connectivity index (χ2n) is 3.08. The molecule has 82 valence electrons. The molecule has 5 heteroatoms. The summed E-state index contributed by atoms with van der Waals surface area (Å²) in [5.74, 6) is -0.998.